The zero-order valence-electron chi connectivity index (χ0n) is 16.6. The monoisotopic (exact) mass is 516 g/mol. The number of benzene rings is 1. The van der Waals surface area contributed by atoms with Crippen LogP contribution in [0.2, 0.25) is 0 Å². The van der Waals surface area contributed by atoms with E-state index in [9.17, 15) is 4.79 Å². The van der Waals surface area contributed by atoms with Crippen molar-refractivity contribution in [1.82, 2.24) is 10.6 Å². The molecule has 0 spiro atoms. The largest absolute Gasteiger partial charge is 0.484 e. The summed E-state index contributed by atoms with van der Waals surface area (Å²) in [5, 5.41) is 6.53. The van der Waals surface area contributed by atoms with Gasteiger partial charge in [0.05, 0.1) is 6.26 Å². The molecule has 0 atom stereocenters. The van der Waals surface area contributed by atoms with Crippen LogP contribution in [0.15, 0.2) is 52.1 Å². The van der Waals surface area contributed by atoms with E-state index in [0.717, 1.165) is 43.2 Å². The number of nitrogens with two attached hydrogens (primary N) is 1. The molecular weight excluding hydrogens is 487 g/mol. The van der Waals surface area contributed by atoms with Gasteiger partial charge in [-0.25, -0.2) is 0 Å². The summed E-state index contributed by atoms with van der Waals surface area (Å²) in [6.07, 6.45) is 3.35. The zero-order chi connectivity index (χ0) is 20.0. The molecule has 1 heterocycles. The summed E-state index contributed by atoms with van der Waals surface area (Å²) in [4.78, 5) is 14.9. The summed E-state index contributed by atoms with van der Waals surface area (Å²) in [7, 11) is 1.74. The predicted molar refractivity (Wildman–Crippen MR) is 123 cm³/mol. The number of carbonyl (C=O) groups excluding carboxylic acids is 1. The molecule has 160 valence electrons. The third kappa shape index (κ3) is 10.7. The first-order chi connectivity index (χ1) is 13.7. The Kier molecular flexibility index (Phi) is 12.5. The van der Waals surface area contributed by atoms with Gasteiger partial charge in [-0.1, -0.05) is 12.1 Å². The number of hydrogen-bond acceptors (Lipinski definition) is 5. The molecule has 0 fully saturated rings. The van der Waals surface area contributed by atoms with Crippen molar-refractivity contribution in [2.24, 2.45) is 10.7 Å². The zero-order valence-corrected chi connectivity index (χ0v) is 18.9. The van der Waals surface area contributed by atoms with Gasteiger partial charge in [-0.2, -0.15) is 0 Å². The molecule has 1 aromatic carbocycles. The van der Waals surface area contributed by atoms with Gasteiger partial charge in [-0.15, -0.1) is 24.0 Å². The first-order valence-electron chi connectivity index (χ1n) is 9.22. The van der Waals surface area contributed by atoms with Crippen molar-refractivity contribution < 1.29 is 18.7 Å². The molecule has 8 nitrogen and oxygen atoms in total. The van der Waals surface area contributed by atoms with Crippen LogP contribution in [0.3, 0.4) is 0 Å². The Bertz CT molecular complexity index is 721. The molecule has 0 radical (unpaired) electrons. The highest BCUT2D eigenvalue weighted by atomic mass is 127. The van der Waals surface area contributed by atoms with Gasteiger partial charge in [-0.05, 0) is 42.7 Å². The Labute approximate surface area is 188 Å². The highest BCUT2D eigenvalue weighted by molar-refractivity contribution is 14.0. The van der Waals surface area contributed by atoms with Gasteiger partial charge in [-0.3, -0.25) is 9.79 Å². The maximum Gasteiger partial charge on any atom is 0.255 e. The minimum Gasteiger partial charge on any atom is -0.484 e. The summed E-state index contributed by atoms with van der Waals surface area (Å²) in [5.41, 5.74) is 6.21. The topological polar surface area (TPSA) is 111 Å². The maximum atomic E-state index is 10.7. The van der Waals surface area contributed by atoms with Gasteiger partial charge in [0.15, 0.2) is 12.6 Å². The number of hydrogen-bond donors (Lipinski definition) is 3. The molecule has 0 aliphatic rings. The molecule has 0 saturated carbocycles. The molecule has 1 aromatic heterocycles. The second-order valence-electron chi connectivity index (χ2n) is 6.06. The number of halogens is 1. The van der Waals surface area contributed by atoms with Crippen molar-refractivity contribution in [3.63, 3.8) is 0 Å². The lowest BCUT2D eigenvalue weighted by atomic mass is 10.1. The predicted octanol–water partition coefficient (Wildman–Crippen LogP) is 2.08. The molecule has 4 N–H and O–H groups in total. The van der Waals surface area contributed by atoms with E-state index in [1.54, 1.807) is 13.3 Å². The average Bonchev–Trinajstić information content (AvgIpc) is 3.22. The number of furan rings is 1. The summed E-state index contributed by atoms with van der Waals surface area (Å²) in [6, 6.07) is 11.3. The van der Waals surface area contributed by atoms with Gasteiger partial charge in [0.25, 0.3) is 5.91 Å². The molecule has 9 heteroatoms. The lowest BCUT2D eigenvalue weighted by molar-refractivity contribution is -0.119. The van der Waals surface area contributed by atoms with E-state index in [4.69, 9.17) is 19.6 Å². The van der Waals surface area contributed by atoms with Crippen molar-refractivity contribution in [2.45, 2.75) is 19.4 Å². The lowest BCUT2D eigenvalue weighted by Crippen LogP contribution is -2.39. The lowest BCUT2D eigenvalue weighted by Gasteiger charge is -2.12. The normalized spacial score (nSPS) is 10.9. The van der Waals surface area contributed by atoms with Gasteiger partial charge in [0.1, 0.15) is 18.1 Å². The minimum atomic E-state index is -0.490. The van der Waals surface area contributed by atoms with Crippen LogP contribution in [-0.2, 0) is 22.6 Å². The van der Waals surface area contributed by atoms with Crippen LogP contribution >= 0.6 is 24.0 Å². The highest BCUT2D eigenvalue weighted by Gasteiger charge is 2.01. The SMILES string of the molecule is CN=C(NCCCOCc1ccco1)NCCc1ccc(OCC(N)=O)cc1.I. The van der Waals surface area contributed by atoms with E-state index in [1.165, 1.54) is 0 Å². The first kappa shape index (κ1) is 24.8. The van der Waals surface area contributed by atoms with E-state index in [2.05, 4.69) is 15.6 Å². The summed E-state index contributed by atoms with van der Waals surface area (Å²) < 4.78 is 16.0. The average molecular weight is 516 g/mol. The number of nitrogens with zero attached hydrogens (tertiary/aromatic N) is 1. The number of aliphatic imine (C=N–C) groups is 1. The van der Waals surface area contributed by atoms with Gasteiger partial charge >= 0.3 is 0 Å². The second-order valence-corrected chi connectivity index (χ2v) is 6.06. The fraction of sp³-hybridized carbons (Fsp3) is 0.400. The molecule has 29 heavy (non-hydrogen) atoms. The molecule has 0 aliphatic heterocycles. The van der Waals surface area contributed by atoms with Crippen molar-refractivity contribution in [3.05, 3.63) is 54.0 Å². The van der Waals surface area contributed by atoms with Crippen LogP contribution in [0.25, 0.3) is 0 Å². The molecule has 0 saturated heterocycles. The summed E-state index contributed by atoms with van der Waals surface area (Å²) >= 11 is 0. The smallest absolute Gasteiger partial charge is 0.255 e. The van der Waals surface area contributed by atoms with E-state index < -0.39 is 5.91 Å². The van der Waals surface area contributed by atoms with E-state index in [-0.39, 0.29) is 30.6 Å². The fourth-order valence-corrected chi connectivity index (χ4v) is 2.40. The van der Waals surface area contributed by atoms with Crippen molar-refractivity contribution >= 4 is 35.8 Å². The molecular formula is C20H29IN4O4. The van der Waals surface area contributed by atoms with E-state index in [1.807, 2.05) is 36.4 Å². The minimum absolute atomic E-state index is 0. The van der Waals surface area contributed by atoms with Crippen LogP contribution in [-0.4, -0.2) is 45.2 Å². The number of nitrogens with one attached hydrogen (secondary N) is 2. The summed E-state index contributed by atoms with van der Waals surface area (Å²) in [5.74, 6) is 1.73. The maximum absolute atomic E-state index is 10.7. The number of primary amides is 1. The Hall–Kier alpha value is -2.27. The molecule has 0 aliphatic carbocycles. The van der Waals surface area contributed by atoms with Crippen molar-refractivity contribution in [2.75, 3.05) is 33.4 Å². The van der Waals surface area contributed by atoms with Crippen LogP contribution in [0.5, 0.6) is 5.75 Å². The number of guanidine groups is 1. The van der Waals surface area contributed by atoms with Crippen LogP contribution in [0.1, 0.15) is 17.7 Å². The van der Waals surface area contributed by atoms with Gasteiger partial charge in [0.2, 0.25) is 0 Å². The van der Waals surface area contributed by atoms with Crippen molar-refractivity contribution in [1.29, 1.82) is 0 Å². The Balaban J connectivity index is 0.00000420. The molecule has 1 amide bonds. The summed E-state index contributed by atoms with van der Waals surface area (Å²) in [6.45, 7) is 2.54. The Morgan fingerprint density at radius 2 is 1.93 bits per heavy atom. The van der Waals surface area contributed by atoms with Crippen LogP contribution in [0, 0.1) is 0 Å². The second kappa shape index (κ2) is 14.7. The van der Waals surface area contributed by atoms with Crippen LogP contribution < -0.4 is 21.1 Å². The molecule has 2 rings (SSSR count). The Morgan fingerprint density at radius 1 is 1.17 bits per heavy atom. The van der Waals surface area contributed by atoms with E-state index in [0.29, 0.717) is 19.0 Å². The quantitative estimate of drug-likeness (QED) is 0.173. The third-order valence-corrected chi connectivity index (χ3v) is 3.82. The molecule has 2 aromatic rings. The van der Waals surface area contributed by atoms with Gasteiger partial charge < -0.3 is 30.3 Å². The molecule has 0 bridgehead atoms. The fourth-order valence-electron chi connectivity index (χ4n) is 2.40. The third-order valence-electron chi connectivity index (χ3n) is 3.82. The number of ether oxygens (including phenoxy) is 2. The molecule has 0 unspecified atom stereocenters. The van der Waals surface area contributed by atoms with E-state index >= 15 is 0 Å². The van der Waals surface area contributed by atoms with Gasteiger partial charge in [0, 0.05) is 26.7 Å². The number of rotatable bonds is 12. The standard InChI is InChI=1S/C20H28N4O4.HI/c1-22-20(23-10-3-12-26-14-18-4-2-13-27-18)24-11-9-16-5-7-17(8-6-16)28-15-19(21)25;/h2,4-8,13H,3,9-12,14-15H2,1H3,(H2,21,25)(H2,22,23,24);1H. The number of carbonyl (C=O) groups is 1. The first-order valence-corrected chi connectivity index (χ1v) is 9.22. The number of amides is 1. The Morgan fingerprint density at radius 3 is 2.59 bits per heavy atom. The van der Waals surface area contributed by atoms with Crippen molar-refractivity contribution in [3.8, 4) is 5.75 Å². The van der Waals surface area contributed by atoms with Crippen LogP contribution in [0.4, 0.5) is 0 Å². The highest BCUT2D eigenvalue weighted by Crippen LogP contribution is 2.12.